The molecule has 0 unspecified atom stereocenters. The molecule has 0 bridgehead atoms. The number of nitrogens with one attached hydrogen (secondary N) is 2. The smallest absolute Gasteiger partial charge is 0.274 e. The van der Waals surface area contributed by atoms with Gasteiger partial charge in [0, 0.05) is 22.3 Å². The van der Waals surface area contributed by atoms with Crippen LogP contribution in [0.3, 0.4) is 0 Å². The van der Waals surface area contributed by atoms with Crippen molar-refractivity contribution >= 4 is 50.2 Å². The van der Waals surface area contributed by atoms with Crippen LogP contribution >= 0.6 is 11.6 Å². The van der Waals surface area contributed by atoms with Crippen LogP contribution in [0.5, 0.6) is 0 Å². The average Bonchev–Trinajstić information content (AvgIpc) is 2.74. The number of nitrogens with zero attached hydrogens (tertiary/aromatic N) is 1. The Kier molecular flexibility index (Phi) is 5.50. The Morgan fingerprint density at radius 2 is 1.77 bits per heavy atom. The van der Waals surface area contributed by atoms with Gasteiger partial charge in [0.2, 0.25) is 0 Å². The highest BCUT2D eigenvalue weighted by Crippen LogP contribution is 2.22. The number of hydrogen-bond donors (Lipinski definition) is 3. The number of benzene rings is 3. The zero-order chi connectivity index (χ0) is 22.0. The second kappa shape index (κ2) is 8.25. The number of halogens is 1. The number of anilines is 1. The molecule has 0 radical (unpaired) electrons. The highest BCUT2D eigenvalue weighted by Gasteiger charge is 2.15. The minimum atomic E-state index is -3.84. The third kappa shape index (κ3) is 4.60. The molecule has 4 rings (SSSR count). The van der Waals surface area contributed by atoms with E-state index >= 15 is 0 Å². The summed E-state index contributed by atoms with van der Waals surface area (Å²) in [4.78, 5) is 19.3. The number of aliphatic hydroxyl groups excluding tert-OH is 1. The van der Waals surface area contributed by atoms with Crippen LogP contribution in [0.4, 0.5) is 5.69 Å². The lowest BCUT2D eigenvalue weighted by molar-refractivity contribution is 0.515. The number of sulfonamides is 1. The van der Waals surface area contributed by atoms with E-state index in [1.165, 1.54) is 36.4 Å². The summed E-state index contributed by atoms with van der Waals surface area (Å²) < 4.78 is 27.6. The molecule has 156 valence electrons. The van der Waals surface area contributed by atoms with Crippen molar-refractivity contribution in [3.8, 4) is 0 Å². The zero-order valence-corrected chi connectivity index (χ0v) is 17.5. The van der Waals surface area contributed by atoms with Gasteiger partial charge in [0.25, 0.3) is 15.6 Å². The molecule has 31 heavy (non-hydrogen) atoms. The summed E-state index contributed by atoms with van der Waals surface area (Å²) in [5.41, 5.74) is 1.29. The monoisotopic (exact) mass is 453 g/mol. The van der Waals surface area contributed by atoms with E-state index < -0.39 is 15.6 Å². The molecule has 3 aromatic carbocycles. The van der Waals surface area contributed by atoms with Gasteiger partial charge < -0.3 is 10.1 Å². The SMILES string of the molecule is O=c1[nH]c2ccccc2nc1/C=C(\O)c1cccc(NS(=O)(=O)c2ccc(Cl)cc2)c1. The highest BCUT2D eigenvalue weighted by atomic mass is 35.5. The van der Waals surface area contributed by atoms with E-state index in [4.69, 9.17) is 11.6 Å². The predicted octanol–water partition coefficient (Wildman–Crippen LogP) is 4.43. The van der Waals surface area contributed by atoms with Gasteiger partial charge in [-0.3, -0.25) is 9.52 Å². The quantitative estimate of drug-likeness (QED) is 0.387. The van der Waals surface area contributed by atoms with E-state index in [1.807, 2.05) is 0 Å². The fourth-order valence-electron chi connectivity index (χ4n) is 2.92. The number of rotatable bonds is 5. The highest BCUT2D eigenvalue weighted by molar-refractivity contribution is 7.92. The Balaban J connectivity index is 1.64. The number of hydrogen-bond acceptors (Lipinski definition) is 5. The summed E-state index contributed by atoms with van der Waals surface area (Å²) in [5.74, 6) is -0.235. The number of aromatic nitrogens is 2. The van der Waals surface area contributed by atoms with Crippen LogP contribution < -0.4 is 10.3 Å². The topological polar surface area (TPSA) is 112 Å². The molecule has 0 saturated carbocycles. The van der Waals surface area contributed by atoms with Gasteiger partial charge in [-0.05, 0) is 48.5 Å². The molecule has 9 heteroatoms. The van der Waals surface area contributed by atoms with Crippen molar-refractivity contribution in [3.63, 3.8) is 0 Å². The third-order valence-electron chi connectivity index (χ3n) is 4.43. The van der Waals surface area contributed by atoms with Crippen LogP contribution in [0.2, 0.25) is 5.02 Å². The van der Waals surface area contributed by atoms with Crippen molar-refractivity contribution in [1.82, 2.24) is 9.97 Å². The molecular formula is C22H16ClN3O4S. The first kappa shape index (κ1) is 20.6. The molecule has 0 atom stereocenters. The molecule has 3 N–H and O–H groups in total. The average molecular weight is 454 g/mol. The maximum absolute atomic E-state index is 12.6. The molecule has 0 aliphatic heterocycles. The van der Waals surface area contributed by atoms with Crippen LogP contribution in [0, 0.1) is 0 Å². The lowest BCUT2D eigenvalue weighted by Crippen LogP contribution is -2.13. The van der Waals surface area contributed by atoms with E-state index in [2.05, 4.69) is 14.7 Å². The van der Waals surface area contributed by atoms with Gasteiger partial charge in [0.1, 0.15) is 11.5 Å². The van der Waals surface area contributed by atoms with Gasteiger partial charge >= 0.3 is 0 Å². The first-order valence-corrected chi connectivity index (χ1v) is 11.0. The van der Waals surface area contributed by atoms with E-state index in [0.717, 1.165) is 0 Å². The Labute approximate surface area is 182 Å². The van der Waals surface area contributed by atoms with E-state index in [-0.39, 0.29) is 22.0 Å². The number of fused-ring (bicyclic) bond motifs is 1. The van der Waals surface area contributed by atoms with Crippen molar-refractivity contribution in [1.29, 1.82) is 0 Å². The lowest BCUT2D eigenvalue weighted by Gasteiger charge is -2.10. The Morgan fingerprint density at radius 1 is 1.03 bits per heavy atom. The molecule has 0 spiro atoms. The molecule has 1 aromatic heterocycles. The van der Waals surface area contributed by atoms with Crippen molar-refractivity contribution < 1.29 is 13.5 Å². The number of aliphatic hydroxyl groups is 1. The molecule has 0 amide bonds. The third-order valence-corrected chi connectivity index (χ3v) is 6.08. The van der Waals surface area contributed by atoms with Crippen molar-refractivity contribution in [2.24, 2.45) is 0 Å². The molecule has 7 nitrogen and oxygen atoms in total. The molecule has 0 saturated heterocycles. The Hall–Kier alpha value is -3.62. The Bertz CT molecular complexity index is 1460. The first-order chi connectivity index (χ1) is 14.8. The molecular weight excluding hydrogens is 438 g/mol. The second-order valence-electron chi connectivity index (χ2n) is 6.64. The van der Waals surface area contributed by atoms with E-state index in [0.29, 0.717) is 21.6 Å². The number of aromatic amines is 1. The largest absolute Gasteiger partial charge is 0.507 e. The number of H-pyrrole nitrogens is 1. The lowest BCUT2D eigenvalue weighted by atomic mass is 10.1. The fourth-order valence-corrected chi connectivity index (χ4v) is 4.10. The summed E-state index contributed by atoms with van der Waals surface area (Å²) in [7, 11) is -3.84. The fraction of sp³-hybridized carbons (Fsp3) is 0. The van der Waals surface area contributed by atoms with Crippen LogP contribution in [0.25, 0.3) is 22.9 Å². The summed E-state index contributed by atoms with van der Waals surface area (Å²) in [5, 5.41) is 10.9. The second-order valence-corrected chi connectivity index (χ2v) is 8.76. The molecule has 0 aliphatic carbocycles. The minimum Gasteiger partial charge on any atom is -0.507 e. The van der Waals surface area contributed by atoms with Crippen LogP contribution in [0.15, 0.2) is 82.5 Å². The normalized spacial score (nSPS) is 12.1. The van der Waals surface area contributed by atoms with Crippen molar-refractivity contribution in [2.45, 2.75) is 4.90 Å². The van der Waals surface area contributed by atoms with Gasteiger partial charge in [-0.25, -0.2) is 13.4 Å². The van der Waals surface area contributed by atoms with Gasteiger partial charge in [-0.15, -0.1) is 0 Å². The van der Waals surface area contributed by atoms with E-state index in [1.54, 1.807) is 42.5 Å². The Morgan fingerprint density at radius 3 is 2.55 bits per heavy atom. The molecule has 0 aliphatic rings. The van der Waals surface area contributed by atoms with Crippen molar-refractivity contribution in [2.75, 3.05) is 4.72 Å². The molecule has 0 fully saturated rings. The minimum absolute atomic E-state index is 0.0309. The summed E-state index contributed by atoms with van der Waals surface area (Å²) >= 11 is 5.81. The van der Waals surface area contributed by atoms with Gasteiger partial charge in [-0.1, -0.05) is 35.9 Å². The maximum atomic E-state index is 12.6. The predicted molar refractivity (Wildman–Crippen MR) is 122 cm³/mol. The van der Waals surface area contributed by atoms with Crippen LogP contribution in [-0.4, -0.2) is 23.5 Å². The van der Waals surface area contributed by atoms with E-state index in [9.17, 15) is 18.3 Å². The zero-order valence-electron chi connectivity index (χ0n) is 15.9. The summed E-state index contributed by atoms with van der Waals surface area (Å²) in [6.45, 7) is 0. The maximum Gasteiger partial charge on any atom is 0.274 e. The first-order valence-electron chi connectivity index (χ1n) is 9.10. The molecule has 1 heterocycles. The molecule has 4 aromatic rings. The summed E-state index contributed by atoms with van der Waals surface area (Å²) in [6.07, 6.45) is 1.23. The van der Waals surface area contributed by atoms with Crippen molar-refractivity contribution in [3.05, 3.63) is 99.4 Å². The summed E-state index contributed by atoms with van der Waals surface area (Å²) in [6, 6.07) is 19.0. The van der Waals surface area contributed by atoms with Gasteiger partial charge in [0.05, 0.1) is 15.9 Å². The van der Waals surface area contributed by atoms with Gasteiger partial charge in [0.15, 0.2) is 0 Å². The van der Waals surface area contributed by atoms with Crippen LogP contribution in [-0.2, 0) is 10.0 Å². The van der Waals surface area contributed by atoms with Crippen LogP contribution in [0.1, 0.15) is 11.3 Å². The number of para-hydroxylation sites is 2. The standard InChI is InChI=1S/C22H16ClN3O4S/c23-15-8-10-17(11-9-15)31(29,30)26-16-5-3-4-14(12-16)21(27)13-20-22(28)25-19-7-2-1-6-18(19)24-20/h1-13,26-27H,(H,25,28)/b21-13-. The van der Waals surface area contributed by atoms with Gasteiger partial charge in [-0.2, -0.15) is 0 Å².